The molecule has 0 saturated heterocycles. The Hall–Kier alpha value is -1.32. The zero-order valence-electron chi connectivity index (χ0n) is 11.1. The summed E-state index contributed by atoms with van der Waals surface area (Å²) in [4.78, 5) is 0. The lowest BCUT2D eigenvalue weighted by molar-refractivity contribution is 0.238. The van der Waals surface area contributed by atoms with Gasteiger partial charge in [-0.2, -0.15) is 0 Å². The summed E-state index contributed by atoms with van der Waals surface area (Å²) in [6, 6.07) is 8.27. The smallest absolute Gasteiger partial charge is 0.134 e. The lowest BCUT2D eigenvalue weighted by Gasteiger charge is -2.13. The van der Waals surface area contributed by atoms with Gasteiger partial charge in [0, 0.05) is 30.0 Å². The number of fused-ring (bicyclic) bond motifs is 1. The van der Waals surface area contributed by atoms with E-state index in [0.717, 1.165) is 30.7 Å². The fourth-order valence-electron chi connectivity index (χ4n) is 2.21. The van der Waals surface area contributed by atoms with Crippen molar-refractivity contribution in [3.05, 3.63) is 35.6 Å². The minimum atomic E-state index is 0.156. The molecule has 0 aliphatic rings. The fraction of sp³-hybridized carbons (Fsp3) is 0.467. The first-order valence-electron chi connectivity index (χ1n) is 6.63. The van der Waals surface area contributed by atoms with Crippen LogP contribution in [0.3, 0.4) is 0 Å². The maximum absolute atomic E-state index is 9.21. The van der Waals surface area contributed by atoms with Crippen molar-refractivity contribution < 1.29 is 9.52 Å². The lowest BCUT2D eigenvalue weighted by Crippen LogP contribution is -2.31. The topological polar surface area (TPSA) is 45.4 Å². The number of para-hydroxylation sites is 1. The Morgan fingerprint density at radius 2 is 2.06 bits per heavy atom. The van der Waals surface area contributed by atoms with Gasteiger partial charge in [-0.15, -0.1) is 0 Å². The van der Waals surface area contributed by atoms with Crippen LogP contribution in [0.2, 0.25) is 0 Å². The summed E-state index contributed by atoms with van der Waals surface area (Å²) in [6.45, 7) is 5.10. The number of hydrogen-bond donors (Lipinski definition) is 2. The fourth-order valence-corrected chi connectivity index (χ4v) is 2.21. The molecule has 0 spiro atoms. The van der Waals surface area contributed by atoms with Gasteiger partial charge >= 0.3 is 0 Å². The number of aryl methyl sites for hydroxylation is 1. The molecule has 2 N–H and O–H groups in total. The van der Waals surface area contributed by atoms with Crippen LogP contribution in [-0.2, 0) is 13.0 Å². The van der Waals surface area contributed by atoms with Crippen molar-refractivity contribution in [1.29, 1.82) is 0 Å². The second-order valence-corrected chi connectivity index (χ2v) is 4.52. The van der Waals surface area contributed by atoms with Gasteiger partial charge in [0.05, 0.1) is 6.61 Å². The highest BCUT2D eigenvalue weighted by atomic mass is 16.3. The first-order valence-corrected chi connectivity index (χ1v) is 6.63. The maximum atomic E-state index is 9.21. The zero-order chi connectivity index (χ0) is 13.0. The highest BCUT2D eigenvalue weighted by molar-refractivity contribution is 5.82. The van der Waals surface area contributed by atoms with Crippen LogP contribution in [0.25, 0.3) is 11.0 Å². The van der Waals surface area contributed by atoms with E-state index < -0.39 is 0 Å². The van der Waals surface area contributed by atoms with E-state index in [1.54, 1.807) is 0 Å². The van der Waals surface area contributed by atoms with Gasteiger partial charge < -0.3 is 14.8 Å². The van der Waals surface area contributed by atoms with Crippen LogP contribution in [0.15, 0.2) is 28.7 Å². The van der Waals surface area contributed by atoms with Gasteiger partial charge in [-0.3, -0.25) is 0 Å². The Kier molecular flexibility index (Phi) is 4.39. The average molecular weight is 247 g/mol. The summed E-state index contributed by atoms with van der Waals surface area (Å²) >= 11 is 0. The molecular weight excluding hydrogens is 226 g/mol. The van der Waals surface area contributed by atoms with Crippen molar-refractivity contribution >= 4 is 11.0 Å². The maximum Gasteiger partial charge on any atom is 0.134 e. The number of rotatable bonds is 6. The minimum Gasteiger partial charge on any atom is -0.461 e. The third kappa shape index (κ3) is 2.57. The Morgan fingerprint density at radius 1 is 1.28 bits per heavy atom. The molecule has 0 unspecified atom stereocenters. The van der Waals surface area contributed by atoms with Crippen LogP contribution < -0.4 is 5.32 Å². The van der Waals surface area contributed by atoms with Crippen molar-refractivity contribution in [2.45, 2.75) is 39.3 Å². The molecule has 18 heavy (non-hydrogen) atoms. The van der Waals surface area contributed by atoms with Crippen LogP contribution in [0.1, 0.15) is 31.6 Å². The molecule has 98 valence electrons. The number of aliphatic hydroxyl groups excluding tert-OH is 1. The number of aliphatic hydroxyl groups is 1. The molecule has 0 fully saturated rings. The van der Waals surface area contributed by atoms with E-state index in [1.165, 1.54) is 10.9 Å². The summed E-state index contributed by atoms with van der Waals surface area (Å²) in [7, 11) is 0. The van der Waals surface area contributed by atoms with Crippen molar-refractivity contribution in [1.82, 2.24) is 5.32 Å². The van der Waals surface area contributed by atoms with Gasteiger partial charge in [0.1, 0.15) is 11.3 Å². The predicted molar refractivity (Wildman–Crippen MR) is 73.6 cm³/mol. The molecule has 1 aromatic heterocycles. The lowest BCUT2D eigenvalue weighted by atomic mass is 10.1. The molecule has 1 aromatic carbocycles. The summed E-state index contributed by atoms with van der Waals surface area (Å²) in [5, 5.41) is 13.8. The van der Waals surface area contributed by atoms with Crippen molar-refractivity contribution in [2.24, 2.45) is 0 Å². The first-order chi connectivity index (χ1) is 8.80. The van der Waals surface area contributed by atoms with Crippen molar-refractivity contribution in [3.63, 3.8) is 0 Å². The third-order valence-electron chi connectivity index (χ3n) is 3.38. The third-order valence-corrected chi connectivity index (χ3v) is 3.38. The van der Waals surface area contributed by atoms with Crippen LogP contribution >= 0.6 is 0 Å². The Balaban J connectivity index is 2.25. The highest BCUT2D eigenvalue weighted by Crippen LogP contribution is 2.26. The van der Waals surface area contributed by atoms with Gasteiger partial charge in [-0.1, -0.05) is 32.0 Å². The normalized spacial score (nSPS) is 13.1. The second-order valence-electron chi connectivity index (χ2n) is 4.52. The molecule has 3 heteroatoms. The molecule has 2 rings (SSSR count). The molecule has 0 amide bonds. The van der Waals surface area contributed by atoms with Crippen LogP contribution in [0, 0.1) is 0 Å². The molecule has 1 heterocycles. The van der Waals surface area contributed by atoms with E-state index in [1.807, 2.05) is 18.2 Å². The summed E-state index contributed by atoms with van der Waals surface area (Å²) in [5.41, 5.74) is 2.17. The van der Waals surface area contributed by atoms with E-state index in [0.29, 0.717) is 0 Å². The molecule has 2 aromatic rings. The van der Waals surface area contributed by atoms with Crippen molar-refractivity contribution in [3.8, 4) is 0 Å². The summed E-state index contributed by atoms with van der Waals surface area (Å²) in [6.07, 6.45) is 1.81. The van der Waals surface area contributed by atoms with E-state index in [4.69, 9.17) is 4.42 Å². The van der Waals surface area contributed by atoms with Gasteiger partial charge in [0.25, 0.3) is 0 Å². The molecule has 0 saturated carbocycles. The molecule has 0 bridgehead atoms. The minimum absolute atomic E-state index is 0.156. The quantitative estimate of drug-likeness (QED) is 0.825. The standard InChI is InChI=1S/C15H21NO2/c1-3-11(10-17)16-9-13-12-7-5-6-8-15(12)18-14(13)4-2/h5-8,11,16-17H,3-4,9-10H2,1-2H3/t11-/m1/s1. The largest absolute Gasteiger partial charge is 0.461 e. The molecule has 0 radical (unpaired) electrons. The monoisotopic (exact) mass is 247 g/mol. The van der Waals surface area contributed by atoms with Crippen LogP contribution in [-0.4, -0.2) is 17.8 Å². The molecule has 3 nitrogen and oxygen atoms in total. The van der Waals surface area contributed by atoms with Crippen LogP contribution in [0.5, 0.6) is 0 Å². The molecule has 0 aliphatic heterocycles. The molecular formula is C15H21NO2. The van der Waals surface area contributed by atoms with Crippen molar-refractivity contribution in [2.75, 3.05) is 6.61 Å². The van der Waals surface area contributed by atoms with E-state index >= 15 is 0 Å². The molecule has 0 aliphatic carbocycles. The Morgan fingerprint density at radius 3 is 2.72 bits per heavy atom. The second kappa shape index (κ2) is 6.03. The predicted octanol–water partition coefficient (Wildman–Crippen LogP) is 2.86. The van der Waals surface area contributed by atoms with Gasteiger partial charge in [0.15, 0.2) is 0 Å². The zero-order valence-corrected chi connectivity index (χ0v) is 11.1. The van der Waals surface area contributed by atoms with Crippen LogP contribution in [0.4, 0.5) is 0 Å². The van der Waals surface area contributed by atoms with E-state index in [2.05, 4.69) is 25.2 Å². The van der Waals surface area contributed by atoms with Gasteiger partial charge in [0.2, 0.25) is 0 Å². The highest BCUT2D eigenvalue weighted by Gasteiger charge is 2.13. The van der Waals surface area contributed by atoms with E-state index in [-0.39, 0.29) is 12.6 Å². The number of hydrogen-bond acceptors (Lipinski definition) is 3. The van der Waals surface area contributed by atoms with Gasteiger partial charge in [-0.25, -0.2) is 0 Å². The first kappa shape index (κ1) is 13.1. The Bertz CT molecular complexity index is 500. The number of nitrogens with one attached hydrogen (secondary N) is 1. The van der Waals surface area contributed by atoms with E-state index in [9.17, 15) is 5.11 Å². The average Bonchev–Trinajstić information content (AvgIpc) is 2.78. The SMILES string of the molecule is CCc1oc2ccccc2c1CN[C@H](CC)CO. The summed E-state index contributed by atoms with van der Waals surface area (Å²) in [5.74, 6) is 1.04. The number of furan rings is 1. The summed E-state index contributed by atoms with van der Waals surface area (Å²) < 4.78 is 5.85. The number of benzene rings is 1. The van der Waals surface area contributed by atoms with Gasteiger partial charge in [-0.05, 0) is 12.5 Å². The molecule has 1 atom stereocenters. The Labute approximate surface area is 108 Å².